The molecule has 2 atom stereocenters. The number of aliphatic hydroxyl groups excluding tert-OH is 1. The predicted molar refractivity (Wildman–Crippen MR) is 57.6 cm³/mol. The lowest BCUT2D eigenvalue weighted by Crippen LogP contribution is -2.42. The van der Waals surface area contributed by atoms with Gasteiger partial charge in [0.1, 0.15) is 0 Å². The van der Waals surface area contributed by atoms with Gasteiger partial charge in [0.25, 0.3) is 0 Å². The number of rotatable bonds is 2. The Morgan fingerprint density at radius 3 is 2.29 bits per heavy atom. The minimum atomic E-state index is -4.19. The molecule has 0 amide bonds. The molecule has 3 nitrogen and oxygen atoms in total. The van der Waals surface area contributed by atoms with Crippen LogP contribution in [0.5, 0.6) is 0 Å². The van der Waals surface area contributed by atoms with Gasteiger partial charge in [-0.1, -0.05) is 0 Å². The lowest BCUT2D eigenvalue weighted by atomic mass is 9.97. The predicted octanol–water partition coefficient (Wildman–Crippen LogP) is 0.841. The summed E-state index contributed by atoms with van der Waals surface area (Å²) >= 11 is 0. The van der Waals surface area contributed by atoms with Crippen molar-refractivity contribution >= 4 is 0 Å². The van der Waals surface area contributed by atoms with Crippen LogP contribution in [-0.4, -0.2) is 55.0 Å². The fraction of sp³-hybridized carbons (Fsp3) is 1.00. The number of nitrogens with zero attached hydrogens (tertiary/aromatic N) is 1. The van der Waals surface area contributed by atoms with Crippen LogP contribution in [0.15, 0.2) is 0 Å². The van der Waals surface area contributed by atoms with Crippen molar-refractivity contribution in [2.45, 2.75) is 25.1 Å². The molecule has 0 spiro atoms. The number of hydrogen-bond donors (Lipinski definition) is 2. The number of piperidine rings is 1. The van der Waals surface area contributed by atoms with Crippen LogP contribution in [0.25, 0.3) is 0 Å². The highest BCUT2D eigenvalue weighted by Crippen LogP contribution is 2.38. The highest BCUT2D eigenvalue weighted by atomic mass is 19.4. The summed E-state index contributed by atoms with van der Waals surface area (Å²) in [6.07, 6.45) is -2.37. The third kappa shape index (κ3) is 2.92. The molecule has 2 fully saturated rings. The number of halogens is 3. The molecule has 0 aromatic heterocycles. The molecular formula is C11H19F3N2O. The van der Waals surface area contributed by atoms with Crippen molar-refractivity contribution < 1.29 is 18.3 Å². The second-order valence-corrected chi connectivity index (χ2v) is 5.03. The standard InChI is InChI=1S/C11H19F3N2O/c12-11(13,14)10-6-16(5-8(10)7-17)9-1-3-15-4-2-9/h8-10,15,17H,1-7H2/t8-,10-/m0/s1. The molecule has 2 rings (SSSR count). The Bertz CT molecular complexity index is 254. The van der Waals surface area contributed by atoms with Gasteiger partial charge in [0.05, 0.1) is 5.92 Å². The topological polar surface area (TPSA) is 35.5 Å². The summed E-state index contributed by atoms with van der Waals surface area (Å²) in [5.74, 6) is -2.01. The van der Waals surface area contributed by atoms with E-state index in [4.69, 9.17) is 5.11 Å². The smallest absolute Gasteiger partial charge is 0.393 e. The summed E-state index contributed by atoms with van der Waals surface area (Å²) in [7, 11) is 0. The maximum atomic E-state index is 12.8. The second-order valence-electron chi connectivity index (χ2n) is 5.03. The third-order valence-electron chi connectivity index (χ3n) is 3.95. The van der Waals surface area contributed by atoms with Gasteiger partial charge in [-0.2, -0.15) is 13.2 Å². The van der Waals surface area contributed by atoms with Gasteiger partial charge in [-0.15, -0.1) is 0 Å². The van der Waals surface area contributed by atoms with E-state index in [1.165, 1.54) is 0 Å². The summed E-state index contributed by atoms with van der Waals surface area (Å²) in [4.78, 5) is 1.92. The first-order valence-electron chi connectivity index (χ1n) is 6.14. The molecule has 0 unspecified atom stereocenters. The molecule has 100 valence electrons. The summed E-state index contributed by atoms with van der Waals surface area (Å²) < 4.78 is 38.4. The minimum Gasteiger partial charge on any atom is -0.396 e. The molecule has 2 aliphatic rings. The van der Waals surface area contributed by atoms with E-state index in [1.807, 2.05) is 4.90 Å². The summed E-state index contributed by atoms with van der Waals surface area (Å²) in [5.41, 5.74) is 0. The van der Waals surface area contributed by atoms with Crippen LogP contribution < -0.4 is 5.32 Å². The number of aliphatic hydroxyl groups is 1. The van der Waals surface area contributed by atoms with Gasteiger partial charge in [0, 0.05) is 31.7 Å². The zero-order valence-corrected chi connectivity index (χ0v) is 9.71. The zero-order valence-electron chi connectivity index (χ0n) is 9.71. The van der Waals surface area contributed by atoms with Crippen LogP contribution in [0.3, 0.4) is 0 Å². The first-order chi connectivity index (χ1) is 8.02. The van der Waals surface area contributed by atoms with Crippen LogP contribution in [0.2, 0.25) is 0 Å². The molecule has 0 radical (unpaired) electrons. The van der Waals surface area contributed by atoms with Gasteiger partial charge in [-0.25, -0.2) is 0 Å². The van der Waals surface area contributed by atoms with Gasteiger partial charge >= 0.3 is 6.18 Å². The average Bonchev–Trinajstić information content (AvgIpc) is 2.74. The van der Waals surface area contributed by atoms with E-state index in [2.05, 4.69) is 5.32 Å². The van der Waals surface area contributed by atoms with Crippen LogP contribution in [0, 0.1) is 11.8 Å². The summed E-state index contributed by atoms with van der Waals surface area (Å²) in [6.45, 7) is 1.82. The molecule has 0 aromatic carbocycles. The molecule has 2 saturated heterocycles. The first-order valence-corrected chi connectivity index (χ1v) is 6.14. The maximum absolute atomic E-state index is 12.8. The van der Waals surface area contributed by atoms with E-state index in [9.17, 15) is 13.2 Å². The quantitative estimate of drug-likeness (QED) is 0.764. The van der Waals surface area contributed by atoms with Gasteiger partial charge in [-0.3, -0.25) is 4.90 Å². The molecule has 2 heterocycles. The van der Waals surface area contributed by atoms with Crippen molar-refractivity contribution in [3.05, 3.63) is 0 Å². The van der Waals surface area contributed by atoms with E-state index in [1.54, 1.807) is 0 Å². The Morgan fingerprint density at radius 2 is 1.82 bits per heavy atom. The van der Waals surface area contributed by atoms with Crippen LogP contribution in [0.4, 0.5) is 13.2 Å². The lowest BCUT2D eigenvalue weighted by Gasteiger charge is -2.31. The second kappa shape index (κ2) is 5.12. The lowest BCUT2D eigenvalue weighted by molar-refractivity contribution is -0.183. The summed E-state index contributed by atoms with van der Waals surface area (Å²) in [5, 5.41) is 12.3. The number of alkyl halides is 3. The van der Waals surface area contributed by atoms with E-state index in [0.29, 0.717) is 6.54 Å². The van der Waals surface area contributed by atoms with Crippen molar-refractivity contribution in [3.8, 4) is 0 Å². The Hall–Kier alpha value is -0.330. The van der Waals surface area contributed by atoms with E-state index < -0.39 is 18.0 Å². The minimum absolute atomic E-state index is 0.0550. The molecule has 0 bridgehead atoms. The number of hydrogen-bond acceptors (Lipinski definition) is 3. The van der Waals surface area contributed by atoms with Crippen LogP contribution in [0.1, 0.15) is 12.8 Å². The van der Waals surface area contributed by atoms with Gasteiger partial charge in [-0.05, 0) is 25.9 Å². The Kier molecular flexibility index (Phi) is 3.95. The zero-order chi connectivity index (χ0) is 12.5. The Labute approximate surface area is 99.0 Å². The molecule has 0 saturated carbocycles. The molecule has 0 aromatic rings. The van der Waals surface area contributed by atoms with Crippen molar-refractivity contribution in [2.75, 3.05) is 32.8 Å². The molecule has 6 heteroatoms. The highest BCUT2D eigenvalue weighted by Gasteiger charge is 2.50. The van der Waals surface area contributed by atoms with Crippen LogP contribution in [-0.2, 0) is 0 Å². The van der Waals surface area contributed by atoms with E-state index in [0.717, 1.165) is 25.9 Å². The van der Waals surface area contributed by atoms with Gasteiger partial charge in [0.2, 0.25) is 0 Å². The molecule has 17 heavy (non-hydrogen) atoms. The van der Waals surface area contributed by atoms with Crippen molar-refractivity contribution in [2.24, 2.45) is 11.8 Å². The Morgan fingerprint density at radius 1 is 1.18 bits per heavy atom. The highest BCUT2D eigenvalue weighted by molar-refractivity contribution is 4.92. The monoisotopic (exact) mass is 252 g/mol. The maximum Gasteiger partial charge on any atom is 0.393 e. The van der Waals surface area contributed by atoms with Crippen molar-refractivity contribution in [1.29, 1.82) is 0 Å². The van der Waals surface area contributed by atoms with Gasteiger partial charge < -0.3 is 10.4 Å². The molecule has 2 aliphatic heterocycles. The van der Waals surface area contributed by atoms with Gasteiger partial charge in [0.15, 0.2) is 0 Å². The fourth-order valence-corrected chi connectivity index (χ4v) is 2.93. The Balaban J connectivity index is 1.98. The van der Waals surface area contributed by atoms with Crippen LogP contribution >= 0.6 is 0 Å². The van der Waals surface area contributed by atoms with Crippen molar-refractivity contribution in [3.63, 3.8) is 0 Å². The largest absolute Gasteiger partial charge is 0.396 e. The SMILES string of the molecule is OC[C@@H]1CN(C2CCNCC2)C[C@@H]1C(F)(F)F. The van der Waals surface area contributed by atoms with E-state index >= 15 is 0 Å². The number of nitrogens with one attached hydrogen (secondary N) is 1. The first kappa shape index (κ1) is 13.1. The normalized spacial score (nSPS) is 33.2. The van der Waals surface area contributed by atoms with E-state index in [-0.39, 0.29) is 19.2 Å². The number of likely N-dealkylation sites (tertiary alicyclic amines) is 1. The van der Waals surface area contributed by atoms with Crippen molar-refractivity contribution in [1.82, 2.24) is 10.2 Å². The fourth-order valence-electron chi connectivity index (χ4n) is 2.93. The molecule has 2 N–H and O–H groups in total. The summed E-state index contributed by atoms with van der Waals surface area (Å²) in [6, 6.07) is 0.248. The third-order valence-corrected chi connectivity index (χ3v) is 3.95. The molecule has 0 aliphatic carbocycles. The molecular weight excluding hydrogens is 233 g/mol. The average molecular weight is 252 g/mol.